The molecule has 20 heavy (non-hydrogen) atoms. The molecular formula is C14H21N3O3. The highest BCUT2D eigenvalue weighted by atomic mass is 16.5. The van der Waals surface area contributed by atoms with Crippen molar-refractivity contribution in [3.63, 3.8) is 0 Å². The summed E-state index contributed by atoms with van der Waals surface area (Å²) in [6.07, 6.45) is -0.588. The van der Waals surface area contributed by atoms with Crippen LogP contribution >= 0.6 is 0 Å². The van der Waals surface area contributed by atoms with Crippen molar-refractivity contribution in [3.8, 4) is 5.75 Å². The van der Waals surface area contributed by atoms with Crippen LogP contribution in [0.1, 0.15) is 13.8 Å². The van der Waals surface area contributed by atoms with Crippen LogP contribution < -0.4 is 15.7 Å². The normalized spacial score (nSPS) is 13.0. The second kappa shape index (κ2) is 6.58. The number of aliphatic hydroxyl groups is 1. The Hall–Kier alpha value is -1.79. The first kappa shape index (κ1) is 14.6. The SMILES string of the molecule is CC(C)CNCC(O)COc1cccc2[nH]c(=O)[nH]c12. The Bertz CT molecular complexity index is 603. The van der Waals surface area contributed by atoms with Gasteiger partial charge in [-0.1, -0.05) is 19.9 Å². The molecule has 0 radical (unpaired) electrons. The van der Waals surface area contributed by atoms with E-state index in [2.05, 4.69) is 29.1 Å². The fraction of sp³-hybridized carbons (Fsp3) is 0.500. The number of aromatic amines is 2. The lowest BCUT2D eigenvalue weighted by Gasteiger charge is -2.14. The minimum atomic E-state index is -0.588. The third-order valence-corrected chi connectivity index (χ3v) is 2.88. The van der Waals surface area contributed by atoms with Gasteiger partial charge in [-0.05, 0) is 24.6 Å². The van der Waals surface area contributed by atoms with Crippen LogP contribution in [0.15, 0.2) is 23.0 Å². The number of rotatable bonds is 7. The Morgan fingerprint density at radius 2 is 2.10 bits per heavy atom. The highest BCUT2D eigenvalue weighted by Crippen LogP contribution is 2.20. The van der Waals surface area contributed by atoms with Gasteiger partial charge in [0.05, 0.1) is 5.52 Å². The number of benzene rings is 1. The topological polar surface area (TPSA) is 90.1 Å². The molecule has 1 unspecified atom stereocenters. The highest BCUT2D eigenvalue weighted by Gasteiger charge is 2.09. The summed E-state index contributed by atoms with van der Waals surface area (Å²) in [6, 6.07) is 5.35. The van der Waals surface area contributed by atoms with Crippen LogP contribution in [0.3, 0.4) is 0 Å². The third kappa shape index (κ3) is 3.85. The van der Waals surface area contributed by atoms with E-state index < -0.39 is 6.10 Å². The fourth-order valence-corrected chi connectivity index (χ4v) is 1.94. The number of aliphatic hydroxyl groups excluding tert-OH is 1. The molecule has 1 aromatic heterocycles. The Kier molecular flexibility index (Phi) is 4.81. The quantitative estimate of drug-likeness (QED) is 0.604. The molecule has 0 spiro atoms. The summed E-state index contributed by atoms with van der Waals surface area (Å²) < 4.78 is 5.57. The number of aromatic nitrogens is 2. The standard InChI is InChI=1S/C14H21N3O3/c1-9(2)6-15-7-10(18)8-20-12-5-3-4-11-13(12)17-14(19)16-11/h3-5,9-10,15,18H,6-8H2,1-2H3,(H2,16,17,19). The van der Waals surface area contributed by atoms with Gasteiger partial charge in [0.25, 0.3) is 0 Å². The lowest BCUT2D eigenvalue weighted by atomic mass is 10.2. The predicted octanol–water partition coefficient (Wildman–Crippen LogP) is 0.841. The molecule has 0 saturated carbocycles. The number of nitrogens with one attached hydrogen (secondary N) is 3. The Morgan fingerprint density at radius 1 is 1.30 bits per heavy atom. The van der Waals surface area contributed by atoms with Gasteiger partial charge in [-0.25, -0.2) is 4.79 Å². The maximum atomic E-state index is 11.3. The number of hydrogen-bond acceptors (Lipinski definition) is 4. The van der Waals surface area contributed by atoms with Crippen LogP contribution in [0.5, 0.6) is 5.75 Å². The number of para-hydroxylation sites is 1. The summed E-state index contributed by atoms with van der Waals surface area (Å²) in [5.41, 5.74) is 1.05. The van der Waals surface area contributed by atoms with Gasteiger partial charge in [0.1, 0.15) is 24.0 Å². The molecule has 0 aliphatic carbocycles. The van der Waals surface area contributed by atoms with Gasteiger partial charge < -0.3 is 25.1 Å². The lowest BCUT2D eigenvalue weighted by molar-refractivity contribution is 0.106. The Labute approximate surface area is 117 Å². The average molecular weight is 279 g/mol. The molecule has 4 N–H and O–H groups in total. The van der Waals surface area contributed by atoms with E-state index in [0.29, 0.717) is 29.2 Å². The van der Waals surface area contributed by atoms with E-state index in [-0.39, 0.29) is 12.3 Å². The monoisotopic (exact) mass is 279 g/mol. The van der Waals surface area contributed by atoms with Crippen LogP contribution in [-0.4, -0.2) is 40.9 Å². The van der Waals surface area contributed by atoms with Gasteiger partial charge in [-0.2, -0.15) is 0 Å². The van der Waals surface area contributed by atoms with Gasteiger partial charge >= 0.3 is 5.69 Å². The molecule has 0 saturated heterocycles. The molecule has 0 aliphatic heterocycles. The Balaban J connectivity index is 1.90. The largest absolute Gasteiger partial charge is 0.489 e. The van der Waals surface area contributed by atoms with Crippen LogP contribution in [-0.2, 0) is 0 Å². The van der Waals surface area contributed by atoms with Crippen LogP contribution in [0, 0.1) is 5.92 Å². The number of H-pyrrole nitrogens is 2. The predicted molar refractivity (Wildman–Crippen MR) is 78.1 cm³/mol. The molecule has 1 aromatic carbocycles. The van der Waals surface area contributed by atoms with E-state index in [9.17, 15) is 9.90 Å². The molecule has 6 nitrogen and oxygen atoms in total. The van der Waals surface area contributed by atoms with E-state index in [1.54, 1.807) is 18.2 Å². The molecule has 0 amide bonds. The number of imidazole rings is 1. The molecule has 0 bridgehead atoms. The average Bonchev–Trinajstić information content (AvgIpc) is 2.76. The minimum Gasteiger partial charge on any atom is -0.489 e. The fourth-order valence-electron chi connectivity index (χ4n) is 1.94. The summed E-state index contributed by atoms with van der Waals surface area (Å²) in [5, 5.41) is 13.0. The zero-order valence-electron chi connectivity index (χ0n) is 11.8. The van der Waals surface area contributed by atoms with E-state index in [4.69, 9.17) is 4.74 Å². The number of fused-ring (bicyclic) bond motifs is 1. The zero-order chi connectivity index (χ0) is 14.5. The molecular weight excluding hydrogens is 258 g/mol. The maximum Gasteiger partial charge on any atom is 0.323 e. The van der Waals surface area contributed by atoms with Crippen molar-refractivity contribution in [2.24, 2.45) is 5.92 Å². The van der Waals surface area contributed by atoms with E-state index in [1.807, 2.05) is 0 Å². The molecule has 0 fully saturated rings. The summed E-state index contributed by atoms with van der Waals surface area (Å²) in [6.45, 7) is 5.74. The van der Waals surface area contributed by atoms with Crippen molar-refractivity contribution in [1.82, 2.24) is 15.3 Å². The number of hydrogen-bond donors (Lipinski definition) is 4. The first-order valence-corrected chi connectivity index (χ1v) is 6.79. The molecule has 2 aromatic rings. The second-order valence-corrected chi connectivity index (χ2v) is 5.27. The molecule has 110 valence electrons. The second-order valence-electron chi connectivity index (χ2n) is 5.27. The van der Waals surface area contributed by atoms with Crippen molar-refractivity contribution in [3.05, 3.63) is 28.7 Å². The summed E-state index contributed by atoms with van der Waals surface area (Å²) >= 11 is 0. The van der Waals surface area contributed by atoms with Crippen LogP contribution in [0.25, 0.3) is 11.0 Å². The van der Waals surface area contributed by atoms with Gasteiger partial charge in [-0.3, -0.25) is 0 Å². The molecule has 0 aliphatic rings. The van der Waals surface area contributed by atoms with Crippen molar-refractivity contribution < 1.29 is 9.84 Å². The van der Waals surface area contributed by atoms with E-state index in [0.717, 1.165) is 6.54 Å². The molecule has 1 atom stereocenters. The van der Waals surface area contributed by atoms with Gasteiger partial charge in [0, 0.05) is 6.54 Å². The van der Waals surface area contributed by atoms with Crippen molar-refractivity contribution >= 4 is 11.0 Å². The lowest BCUT2D eigenvalue weighted by Crippen LogP contribution is -2.33. The maximum absolute atomic E-state index is 11.3. The van der Waals surface area contributed by atoms with Crippen molar-refractivity contribution in [1.29, 1.82) is 0 Å². The van der Waals surface area contributed by atoms with Crippen molar-refractivity contribution in [2.75, 3.05) is 19.7 Å². The van der Waals surface area contributed by atoms with Crippen LogP contribution in [0.2, 0.25) is 0 Å². The first-order chi connectivity index (χ1) is 9.56. The van der Waals surface area contributed by atoms with E-state index in [1.165, 1.54) is 0 Å². The molecule has 1 heterocycles. The summed E-state index contributed by atoms with van der Waals surface area (Å²) in [5.74, 6) is 1.10. The number of ether oxygens (including phenoxy) is 1. The van der Waals surface area contributed by atoms with Gasteiger partial charge in [0.2, 0.25) is 0 Å². The first-order valence-electron chi connectivity index (χ1n) is 6.79. The zero-order valence-corrected chi connectivity index (χ0v) is 11.8. The van der Waals surface area contributed by atoms with Gasteiger partial charge in [-0.15, -0.1) is 0 Å². The smallest absolute Gasteiger partial charge is 0.323 e. The molecule has 2 rings (SSSR count). The van der Waals surface area contributed by atoms with E-state index >= 15 is 0 Å². The summed E-state index contributed by atoms with van der Waals surface area (Å²) in [4.78, 5) is 16.6. The minimum absolute atomic E-state index is 0.178. The third-order valence-electron chi connectivity index (χ3n) is 2.88. The Morgan fingerprint density at radius 3 is 2.85 bits per heavy atom. The van der Waals surface area contributed by atoms with Crippen LogP contribution in [0.4, 0.5) is 0 Å². The molecule has 6 heteroatoms. The highest BCUT2D eigenvalue weighted by molar-refractivity contribution is 5.80. The van der Waals surface area contributed by atoms with Crippen molar-refractivity contribution in [2.45, 2.75) is 20.0 Å². The summed E-state index contributed by atoms with van der Waals surface area (Å²) in [7, 11) is 0. The van der Waals surface area contributed by atoms with Gasteiger partial charge in [0.15, 0.2) is 0 Å².